The minimum Gasteiger partial charge on any atom is -0.449 e. The molecule has 0 aliphatic heterocycles. The number of carbonyl (C=O) groups is 1. The third-order valence-corrected chi connectivity index (χ3v) is 3.31. The van der Waals surface area contributed by atoms with Crippen molar-refractivity contribution >= 4 is 6.16 Å². The minimum absolute atomic E-state index is 0.0129. The van der Waals surface area contributed by atoms with Crippen LogP contribution < -0.4 is 4.74 Å². The molecule has 86 valence electrons. The highest BCUT2D eigenvalue weighted by atomic mass is 16.7. The van der Waals surface area contributed by atoms with Gasteiger partial charge in [0.15, 0.2) is 0 Å². The summed E-state index contributed by atoms with van der Waals surface area (Å²) in [6.45, 7) is 2.14. The number of nitrogens with zero attached hydrogens (tertiary/aromatic N) is 1. The van der Waals surface area contributed by atoms with E-state index in [1.807, 2.05) is 12.1 Å². The van der Waals surface area contributed by atoms with Gasteiger partial charge in [0.1, 0.15) is 0 Å². The molecule has 1 aromatic heterocycles. The first-order chi connectivity index (χ1) is 7.62. The van der Waals surface area contributed by atoms with E-state index in [1.54, 1.807) is 6.20 Å². The van der Waals surface area contributed by atoms with Crippen LogP contribution in [0.15, 0.2) is 18.3 Å². The van der Waals surface area contributed by atoms with E-state index < -0.39 is 6.16 Å². The van der Waals surface area contributed by atoms with Gasteiger partial charge in [0.25, 0.3) is 0 Å². The quantitative estimate of drug-likeness (QED) is 0.780. The van der Waals surface area contributed by atoms with Gasteiger partial charge in [0.2, 0.25) is 5.88 Å². The molecule has 1 fully saturated rings. The van der Waals surface area contributed by atoms with Gasteiger partial charge in [0, 0.05) is 11.8 Å². The molecule has 0 amide bonds. The summed E-state index contributed by atoms with van der Waals surface area (Å²) in [4.78, 5) is 14.6. The van der Waals surface area contributed by atoms with Crippen molar-refractivity contribution in [2.45, 2.75) is 38.0 Å². The Morgan fingerprint density at radius 3 is 2.81 bits per heavy atom. The Labute approximate surface area is 94.3 Å². The third kappa shape index (κ3) is 2.01. The largest absolute Gasteiger partial charge is 0.512 e. The number of aromatic nitrogens is 1. The maximum Gasteiger partial charge on any atom is 0.512 e. The molecular weight excluding hydrogens is 206 g/mol. The summed E-state index contributed by atoms with van der Waals surface area (Å²) in [5.74, 6) is 0.236. The van der Waals surface area contributed by atoms with Crippen molar-refractivity contribution in [3.63, 3.8) is 0 Å². The van der Waals surface area contributed by atoms with Crippen LogP contribution in [0, 0.1) is 0 Å². The van der Waals surface area contributed by atoms with Gasteiger partial charge < -0.3 is 9.84 Å². The fourth-order valence-corrected chi connectivity index (χ4v) is 2.44. The second-order valence-electron chi connectivity index (χ2n) is 4.49. The Bertz CT molecular complexity index is 397. The predicted molar refractivity (Wildman–Crippen MR) is 58.7 cm³/mol. The zero-order valence-corrected chi connectivity index (χ0v) is 9.27. The Morgan fingerprint density at radius 1 is 1.50 bits per heavy atom. The summed E-state index contributed by atoms with van der Waals surface area (Å²) in [6, 6.07) is 3.74. The van der Waals surface area contributed by atoms with Crippen LogP contribution >= 0.6 is 0 Å². The third-order valence-electron chi connectivity index (χ3n) is 3.31. The van der Waals surface area contributed by atoms with Gasteiger partial charge in [-0.1, -0.05) is 25.8 Å². The Hall–Kier alpha value is -1.58. The fraction of sp³-hybridized carbons (Fsp3) is 0.500. The molecule has 1 aromatic rings. The zero-order chi connectivity index (χ0) is 11.6. The lowest BCUT2D eigenvalue weighted by Gasteiger charge is -2.24. The van der Waals surface area contributed by atoms with Crippen molar-refractivity contribution in [2.75, 3.05) is 0 Å². The van der Waals surface area contributed by atoms with Crippen molar-refractivity contribution in [1.82, 2.24) is 4.98 Å². The Balaban J connectivity index is 2.35. The van der Waals surface area contributed by atoms with E-state index in [-0.39, 0.29) is 11.3 Å². The van der Waals surface area contributed by atoms with Crippen LogP contribution in [0.4, 0.5) is 4.79 Å². The first-order valence-electron chi connectivity index (χ1n) is 5.48. The summed E-state index contributed by atoms with van der Waals surface area (Å²) in [5.41, 5.74) is 0.925. The molecule has 0 spiro atoms. The number of carboxylic acid groups (broad SMARTS) is 1. The number of pyridine rings is 1. The van der Waals surface area contributed by atoms with Crippen molar-refractivity contribution < 1.29 is 14.6 Å². The number of hydrogen-bond donors (Lipinski definition) is 1. The maximum absolute atomic E-state index is 10.6. The second kappa shape index (κ2) is 4.12. The van der Waals surface area contributed by atoms with Crippen LogP contribution in [0.25, 0.3) is 0 Å². The van der Waals surface area contributed by atoms with E-state index in [2.05, 4.69) is 11.9 Å². The molecule has 0 radical (unpaired) electrons. The zero-order valence-electron chi connectivity index (χ0n) is 9.27. The minimum atomic E-state index is -1.30. The van der Waals surface area contributed by atoms with Crippen molar-refractivity contribution in [3.05, 3.63) is 23.9 Å². The van der Waals surface area contributed by atoms with Gasteiger partial charge in [-0.2, -0.15) is 0 Å². The molecule has 0 bridgehead atoms. The van der Waals surface area contributed by atoms with Crippen LogP contribution in [0.1, 0.15) is 38.2 Å². The highest BCUT2D eigenvalue weighted by molar-refractivity contribution is 5.61. The van der Waals surface area contributed by atoms with Crippen molar-refractivity contribution in [3.8, 4) is 5.88 Å². The van der Waals surface area contributed by atoms with E-state index in [9.17, 15) is 4.79 Å². The lowest BCUT2D eigenvalue weighted by Crippen LogP contribution is -2.20. The van der Waals surface area contributed by atoms with E-state index in [0.29, 0.717) is 0 Å². The number of ether oxygens (including phenoxy) is 1. The van der Waals surface area contributed by atoms with Gasteiger partial charge in [-0.05, 0) is 24.3 Å². The van der Waals surface area contributed by atoms with Crippen molar-refractivity contribution in [1.29, 1.82) is 0 Å². The molecule has 4 nitrogen and oxygen atoms in total. The molecule has 1 aliphatic carbocycles. The van der Waals surface area contributed by atoms with Crippen molar-refractivity contribution in [2.24, 2.45) is 0 Å². The molecule has 0 aromatic carbocycles. The summed E-state index contributed by atoms with van der Waals surface area (Å²) in [7, 11) is 0. The molecular formula is C12H15NO3. The molecule has 1 saturated carbocycles. The number of hydrogen-bond acceptors (Lipinski definition) is 3. The van der Waals surface area contributed by atoms with Crippen LogP contribution in [0.3, 0.4) is 0 Å². The first kappa shape index (κ1) is 10.9. The molecule has 1 heterocycles. The molecule has 1 aliphatic rings. The van der Waals surface area contributed by atoms with Crippen LogP contribution in [-0.4, -0.2) is 16.2 Å². The average molecular weight is 221 g/mol. The molecule has 0 saturated heterocycles. The van der Waals surface area contributed by atoms with Crippen LogP contribution in [0.2, 0.25) is 0 Å². The molecule has 0 unspecified atom stereocenters. The molecule has 16 heavy (non-hydrogen) atoms. The van der Waals surface area contributed by atoms with E-state index >= 15 is 0 Å². The molecule has 2 rings (SSSR count). The predicted octanol–water partition coefficient (Wildman–Crippen LogP) is 2.97. The van der Waals surface area contributed by atoms with Gasteiger partial charge in [-0.3, -0.25) is 0 Å². The van der Waals surface area contributed by atoms with Crippen LogP contribution in [-0.2, 0) is 5.41 Å². The summed E-state index contributed by atoms with van der Waals surface area (Å²) in [6.07, 6.45) is 4.74. The van der Waals surface area contributed by atoms with E-state index in [4.69, 9.17) is 9.84 Å². The van der Waals surface area contributed by atoms with Gasteiger partial charge in [-0.25, -0.2) is 9.78 Å². The van der Waals surface area contributed by atoms with E-state index in [0.717, 1.165) is 18.4 Å². The number of rotatable bonds is 2. The van der Waals surface area contributed by atoms with Gasteiger partial charge >= 0.3 is 6.16 Å². The topological polar surface area (TPSA) is 59.4 Å². The van der Waals surface area contributed by atoms with Gasteiger partial charge in [-0.15, -0.1) is 0 Å². The fourth-order valence-electron chi connectivity index (χ4n) is 2.44. The molecule has 1 N–H and O–H groups in total. The average Bonchev–Trinajstić information content (AvgIpc) is 2.66. The first-order valence-corrected chi connectivity index (χ1v) is 5.48. The lowest BCUT2D eigenvalue weighted by atomic mass is 9.81. The van der Waals surface area contributed by atoms with Gasteiger partial charge in [0.05, 0.1) is 0 Å². The summed E-state index contributed by atoms with van der Waals surface area (Å²) in [5, 5.41) is 8.66. The normalized spacial score (nSPS) is 18.3. The molecule has 0 atom stereocenters. The lowest BCUT2D eigenvalue weighted by molar-refractivity contribution is 0.141. The molecule has 4 heteroatoms. The Morgan fingerprint density at radius 2 is 2.19 bits per heavy atom. The maximum atomic E-state index is 10.6. The monoisotopic (exact) mass is 221 g/mol. The standard InChI is InChI=1S/C12H15NO3/c1-12(6-2-3-7-12)9-5-4-8-13-10(9)16-11(14)15/h4-5,8H,2-3,6-7H2,1H3,(H,14,15). The smallest absolute Gasteiger partial charge is 0.449 e. The highest BCUT2D eigenvalue weighted by Gasteiger charge is 2.34. The SMILES string of the molecule is CC1(c2cccnc2OC(=O)O)CCCC1. The highest BCUT2D eigenvalue weighted by Crippen LogP contribution is 2.43. The summed E-state index contributed by atoms with van der Waals surface area (Å²) >= 11 is 0. The summed E-state index contributed by atoms with van der Waals surface area (Å²) < 4.78 is 4.73. The van der Waals surface area contributed by atoms with E-state index in [1.165, 1.54) is 12.8 Å². The second-order valence-corrected chi connectivity index (χ2v) is 4.49. The Kier molecular flexibility index (Phi) is 2.81. The van der Waals surface area contributed by atoms with Crippen LogP contribution in [0.5, 0.6) is 5.88 Å².